The molecule has 0 saturated carbocycles. The van der Waals surface area contributed by atoms with Crippen LogP contribution in [-0.4, -0.2) is 67.6 Å². The highest BCUT2D eigenvalue weighted by Crippen LogP contribution is 2.20. The number of ether oxygens (including phenoxy) is 1. The van der Waals surface area contributed by atoms with Crippen LogP contribution in [0.5, 0.6) is 5.75 Å². The average molecular weight is 321 g/mol. The number of piperazine rings is 1. The van der Waals surface area contributed by atoms with Crippen molar-refractivity contribution in [2.45, 2.75) is 19.4 Å². The zero-order chi connectivity index (χ0) is 16.2. The van der Waals surface area contributed by atoms with E-state index >= 15 is 0 Å². The number of rotatable bonds is 4. The van der Waals surface area contributed by atoms with E-state index in [0.717, 1.165) is 51.3 Å². The van der Waals surface area contributed by atoms with E-state index in [9.17, 15) is 9.18 Å². The Labute approximate surface area is 136 Å². The lowest BCUT2D eigenvalue weighted by Crippen LogP contribution is -2.49. The Kier molecular flexibility index (Phi) is 5.13. The van der Waals surface area contributed by atoms with Gasteiger partial charge in [0.1, 0.15) is 0 Å². The van der Waals surface area contributed by atoms with Gasteiger partial charge >= 0.3 is 0 Å². The SMILES string of the molecule is Cc1ccc(F)c(OCC(=O)N2CCC(N3CCNCC3)C2)c1. The van der Waals surface area contributed by atoms with Crippen molar-refractivity contribution in [3.8, 4) is 5.75 Å². The van der Waals surface area contributed by atoms with Crippen LogP contribution in [-0.2, 0) is 4.79 Å². The normalized spacial score (nSPS) is 22.3. The maximum atomic E-state index is 13.6. The van der Waals surface area contributed by atoms with E-state index in [1.165, 1.54) is 6.07 Å². The lowest BCUT2D eigenvalue weighted by atomic mass is 10.2. The van der Waals surface area contributed by atoms with E-state index in [1.807, 2.05) is 11.8 Å². The van der Waals surface area contributed by atoms with E-state index in [4.69, 9.17) is 4.74 Å². The Balaban J connectivity index is 1.50. The van der Waals surface area contributed by atoms with Crippen LogP contribution in [0.15, 0.2) is 18.2 Å². The van der Waals surface area contributed by atoms with Crippen molar-refractivity contribution in [3.63, 3.8) is 0 Å². The molecule has 2 fully saturated rings. The second-order valence-electron chi connectivity index (χ2n) is 6.29. The van der Waals surface area contributed by atoms with Crippen molar-refractivity contribution in [2.24, 2.45) is 0 Å². The van der Waals surface area contributed by atoms with E-state index in [-0.39, 0.29) is 18.3 Å². The Bertz CT molecular complexity index is 561. The minimum atomic E-state index is -0.427. The predicted octanol–water partition coefficient (Wildman–Crippen LogP) is 1.02. The molecule has 0 radical (unpaired) electrons. The number of nitrogens with zero attached hydrogens (tertiary/aromatic N) is 2. The first-order valence-corrected chi connectivity index (χ1v) is 8.25. The van der Waals surface area contributed by atoms with Gasteiger partial charge in [0, 0.05) is 45.3 Å². The van der Waals surface area contributed by atoms with Crippen LogP contribution in [0.3, 0.4) is 0 Å². The molecule has 1 unspecified atom stereocenters. The lowest BCUT2D eigenvalue weighted by Gasteiger charge is -2.32. The zero-order valence-corrected chi connectivity index (χ0v) is 13.6. The molecule has 0 aliphatic carbocycles. The van der Waals surface area contributed by atoms with E-state index < -0.39 is 5.82 Å². The summed E-state index contributed by atoms with van der Waals surface area (Å²) in [6.07, 6.45) is 1.00. The Hall–Kier alpha value is -1.66. The lowest BCUT2D eigenvalue weighted by molar-refractivity contribution is -0.132. The fourth-order valence-corrected chi connectivity index (χ4v) is 3.27. The number of benzene rings is 1. The summed E-state index contributed by atoms with van der Waals surface area (Å²) in [6, 6.07) is 5.11. The van der Waals surface area contributed by atoms with Crippen molar-refractivity contribution < 1.29 is 13.9 Å². The average Bonchev–Trinajstić information content (AvgIpc) is 3.06. The van der Waals surface area contributed by atoms with Crippen LogP contribution in [0, 0.1) is 12.7 Å². The summed E-state index contributed by atoms with van der Waals surface area (Å²) < 4.78 is 19.0. The number of likely N-dealkylation sites (tertiary alicyclic amines) is 1. The largest absolute Gasteiger partial charge is 0.481 e. The number of hydrogen-bond donors (Lipinski definition) is 1. The molecule has 0 spiro atoms. The van der Waals surface area contributed by atoms with Gasteiger partial charge in [-0.2, -0.15) is 0 Å². The van der Waals surface area contributed by atoms with Gasteiger partial charge in [-0.3, -0.25) is 9.69 Å². The zero-order valence-electron chi connectivity index (χ0n) is 13.6. The molecule has 1 amide bonds. The first-order valence-electron chi connectivity index (χ1n) is 8.25. The molecule has 3 rings (SSSR count). The van der Waals surface area contributed by atoms with Crippen LogP contribution < -0.4 is 10.1 Å². The molecule has 126 valence electrons. The van der Waals surface area contributed by atoms with Crippen LogP contribution in [0.1, 0.15) is 12.0 Å². The summed E-state index contributed by atoms with van der Waals surface area (Å²) in [5.41, 5.74) is 0.911. The maximum absolute atomic E-state index is 13.6. The summed E-state index contributed by atoms with van der Waals surface area (Å²) in [7, 11) is 0. The van der Waals surface area contributed by atoms with Gasteiger partial charge in [0.2, 0.25) is 0 Å². The molecule has 2 aliphatic heterocycles. The first-order chi connectivity index (χ1) is 11.1. The molecule has 0 aromatic heterocycles. The van der Waals surface area contributed by atoms with E-state index in [1.54, 1.807) is 12.1 Å². The molecule has 23 heavy (non-hydrogen) atoms. The van der Waals surface area contributed by atoms with Crippen LogP contribution in [0.2, 0.25) is 0 Å². The maximum Gasteiger partial charge on any atom is 0.260 e. The molecule has 2 heterocycles. The van der Waals surface area contributed by atoms with Gasteiger partial charge in [-0.15, -0.1) is 0 Å². The van der Waals surface area contributed by atoms with Crippen LogP contribution >= 0.6 is 0 Å². The number of carbonyl (C=O) groups excluding carboxylic acids is 1. The third-order valence-electron chi connectivity index (χ3n) is 4.62. The third kappa shape index (κ3) is 4.00. The van der Waals surface area contributed by atoms with Crippen LogP contribution in [0.25, 0.3) is 0 Å². The number of carbonyl (C=O) groups is 1. The number of halogens is 1. The standard InChI is InChI=1S/C17H24FN3O2/c1-13-2-3-15(18)16(10-13)23-12-17(22)21-7-4-14(11-21)20-8-5-19-6-9-20/h2-3,10,14,19H,4-9,11-12H2,1H3. The topological polar surface area (TPSA) is 44.8 Å². The van der Waals surface area contributed by atoms with Gasteiger partial charge in [0.05, 0.1) is 0 Å². The fourth-order valence-electron chi connectivity index (χ4n) is 3.27. The fraction of sp³-hybridized carbons (Fsp3) is 0.588. The highest BCUT2D eigenvalue weighted by Gasteiger charge is 2.31. The molecule has 2 aliphatic rings. The third-order valence-corrected chi connectivity index (χ3v) is 4.62. The van der Waals surface area contributed by atoms with Crippen molar-refractivity contribution in [1.29, 1.82) is 0 Å². The van der Waals surface area contributed by atoms with Gasteiger partial charge < -0.3 is 15.0 Å². The molecule has 2 saturated heterocycles. The van der Waals surface area contributed by atoms with Crippen molar-refractivity contribution in [2.75, 3.05) is 45.9 Å². The van der Waals surface area contributed by atoms with Gasteiger partial charge in [0.15, 0.2) is 18.2 Å². The number of aryl methyl sites for hydroxylation is 1. The van der Waals surface area contributed by atoms with Gasteiger partial charge in [-0.1, -0.05) is 6.07 Å². The van der Waals surface area contributed by atoms with Crippen molar-refractivity contribution >= 4 is 5.91 Å². The second-order valence-corrected chi connectivity index (χ2v) is 6.29. The molecule has 1 aromatic carbocycles. The van der Waals surface area contributed by atoms with Gasteiger partial charge in [-0.25, -0.2) is 4.39 Å². The molecular weight excluding hydrogens is 297 g/mol. The van der Waals surface area contributed by atoms with E-state index in [2.05, 4.69) is 10.2 Å². The van der Waals surface area contributed by atoms with Crippen molar-refractivity contribution in [3.05, 3.63) is 29.6 Å². The predicted molar refractivity (Wildman–Crippen MR) is 86.1 cm³/mol. The molecular formula is C17H24FN3O2. The minimum Gasteiger partial charge on any atom is -0.481 e. The highest BCUT2D eigenvalue weighted by molar-refractivity contribution is 5.78. The Morgan fingerprint density at radius 2 is 2.13 bits per heavy atom. The second kappa shape index (κ2) is 7.27. The van der Waals surface area contributed by atoms with Gasteiger partial charge in [-0.05, 0) is 31.0 Å². The quantitative estimate of drug-likeness (QED) is 0.899. The minimum absolute atomic E-state index is 0.0662. The summed E-state index contributed by atoms with van der Waals surface area (Å²) in [4.78, 5) is 16.6. The number of amides is 1. The Morgan fingerprint density at radius 3 is 2.91 bits per heavy atom. The monoisotopic (exact) mass is 321 g/mol. The molecule has 0 bridgehead atoms. The highest BCUT2D eigenvalue weighted by atomic mass is 19.1. The smallest absolute Gasteiger partial charge is 0.260 e. The molecule has 6 heteroatoms. The molecule has 1 atom stereocenters. The van der Waals surface area contributed by atoms with Gasteiger partial charge in [0.25, 0.3) is 5.91 Å². The number of hydrogen-bond acceptors (Lipinski definition) is 4. The summed E-state index contributed by atoms with van der Waals surface area (Å²) in [6.45, 7) is 7.38. The number of nitrogens with one attached hydrogen (secondary N) is 1. The van der Waals surface area contributed by atoms with E-state index in [0.29, 0.717) is 6.04 Å². The first kappa shape index (κ1) is 16.2. The molecule has 5 nitrogen and oxygen atoms in total. The van der Waals surface area contributed by atoms with Crippen molar-refractivity contribution in [1.82, 2.24) is 15.1 Å². The summed E-state index contributed by atoms with van der Waals surface area (Å²) in [5, 5.41) is 3.34. The summed E-state index contributed by atoms with van der Waals surface area (Å²) in [5.74, 6) is -0.344. The van der Waals surface area contributed by atoms with Crippen LogP contribution in [0.4, 0.5) is 4.39 Å². The molecule has 1 N–H and O–H groups in total. The Morgan fingerprint density at radius 1 is 1.35 bits per heavy atom. The molecule has 1 aromatic rings. The summed E-state index contributed by atoms with van der Waals surface area (Å²) >= 11 is 0.